The maximum atomic E-state index is 12.4. The Morgan fingerprint density at radius 2 is 1.95 bits per heavy atom. The van der Waals surface area contributed by atoms with E-state index in [0.717, 1.165) is 4.47 Å². The van der Waals surface area contributed by atoms with Crippen molar-refractivity contribution in [3.63, 3.8) is 0 Å². The quantitative estimate of drug-likeness (QED) is 0.645. The van der Waals surface area contributed by atoms with Crippen molar-refractivity contribution in [1.29, 1.82) is 0 Å². The van der Waals surface area contributed by atoms with Gasteiger partial charge >= 0.3 is 5.97 Å². The summed E-state index contributed by atoms with van der Waals surface area (Å²) in [6.07, 6.45) is 0. The molecule has 1 amide bonds. The standard InChI is InChI=1S/C14H18BrN3O3/c1-21-13(19)9-17-4-6-18(7-5-17)14(20)10-2-3-12(16)11(15)8-10/h2-3,8H,4-7,9,16H2,1H3. The first-order valence-corrected chi connectivity index (χ1v) is 7.44. The van der Waals surface area contributed by atoms with E-state index in [2.05, 4.69) is 20.7 Å². The molecule has 0 unspecified atom stereocenters. The summed E-state index contributed by atoms with van der Waals surface area (Å²) in [5, 5.41) is 0. The zero-order valence-electron chi connectivity index (χ0n) is 11.8. The second-order valence-corrected chi connectivity index (χ2v) is 5.74. The number of halogens is 1. The molecule has 2 N–H and O–H groups in total. The number of piperazine rings is 1. The third-order valence-electron chi connectivity index (χ3n) is 3.49. The van der Waals surface area contributed by atoms with Gasteiger partial charge in [-0.05, 0) is 34.1 Å². The Morgan fingerprint density at radius 1 is 1.29 bits per heavy atom. The molecule has 0 saturated carbocycles. The van der Waals surface area contributed by atoms with Crippen LogP contribution in [0.25, 0.3) is 0 Å². The predicted octanol–water partition coefficient (Wildman–Crippen LogP) is 0.962. The summed E-state index contributed by atoms with van der Waals surface area (Å²) in [5.41, 5.74) is 6.94. The fraction of sp³-hybridized carbons (Fsp3) is 0.429. The maximum Gasteiger partial charge on any atom is 0.319 e. The molecule has 1 aliphatic heterocycles. The van der Waals surface area contributed by atoms with Crippen LogP contribution in [-0.4, -0.2) is 61.5 Å². The van der Waals surface area contributed by atoms with E-state index < -0.39 is 0 Å². The molecule has 7 heteroatoms. The lowest BCUT2D eigenvalue weighted by Crippen LogP contribution is -2.50. The zero-order valence-corrected chi connectivity index (χ0v) is 13.4. The molecule has 1 aromatic rings. The lowest BCUT2D eigenvalue weighted by atomic mass is 10.1. The van der Waals surface area contributed by atoms with Gasteiger partial charge in [0.1, 0.15) is 0 Å². The van der Waals surface area contributed by atoms with E-state index >= 15 is 0 Å². The average Bonchev–Trinajstić information content (AvgIpc) is 2.50. The van der Waals surface area contributed by atoms with Gasteiger partial charge in [0.2, 0.25) is 0 Å². The maximum absolute atomic E-state index is 12.4. The number of rotatable bonds is 3. The van der Waals surface area contributed by atoms with Crippen molar-refractivity contribution in [1.82, 2.24) is 9.80 Å². The van der Waals surface area contributed by atoms with Crippen LogP contribution in [0.1, 0.15) is 10.4 Å². The summed E-state index contributed by atoms with van der Waals surface area (Å²) >= 11 is 3.33. The molecule has 0 radical (unpaired) electrons. The number of benzene rings is 1. The van der Waals surface area contributed by atoms with Crippen LogP contribution in [0.15, 0.2) is 22.7 Å². The van der Waals surface area contributed by atoms with Gasteiger partial charge in [0.05, 0.1) is 13.7 Å². The highest BCUT2D eigenvalue weighted by Gasteiger charge is 2.23. The molecule has 0 spiro atoms. The number of hydrogen-bond donors (Lipinski definition) is 1. The summed E-state index contributed by atoms with van der Waals surface area (Å²) in [5.74, 6) is -0.273. The van der Waals surface area contributed by atoms with Gasteiger partial charge in [0, 0.05) is 41.9 Å². The number of methoxy groups -OCH3 is 1. The molecule has 1 heterocycles. The Kier molecular flexibility index (Phi) is 5.19. The van der Waals surface area contributed by atoms with E-state index in [1.165, 1.54) is 7.11 Å². The number of anilines is 1. The van der Waals surface area contributed by atoms with E-state index in [0.29, 0.717) is 37.4 Å². The van der Waals surface area contributed by atoms with Crippen LogP contribution in [0.5, 0.6) is 0 Å². The number of hydrogen-bond acceptors (Lipinski definition) is 5. The molecule has 0 atom stereocenters. The van der Waals surface area contributed by atoms with Gasteiger partial charge in [-0.15, -0.1) is 0 Å². The second kappa shape index (κ2) is 6.91. The molecule has 1 aromatic carbocycles. The molecule has 0 aromatic heterocycles. The van der Waals surface area contributed by atoms with Crippen molar-refractivity contribution in [2.75, 3.05) is 45.6 Å². The first-order valence-electron chi connectivity index (χ1n) is 6.64. The molecule has 1 aliphatic rings. The van der Waals surface area contributed by atoms with E-state index in [9.17, 15) is 9.59 Å². The Labute approximate surface area is 132 Å². The van der Waals surface area contributed by atoms with Crippen molar-refractivity contribution in [2.45, 2.75) is 0 Å². The lowest BCUT2D eigenvalue weighted by Gasteiger charge is -2.34. The Bertz CT molecular complexity index is 542. The molecule has 0 aliphatic carbocycles. The van der Waals surface area contributed by atoms with Gasteiger partial charge in [0.25, 0.3) is 5.91 Å². The summed E-state index contributed by atoms with van der Waals surface area (Å²) < 4.78 is 5.36. The monoisotopic (exact) mass is 355 g/mol. The highest BCUT2D eigenvalue weighted by molar-refractivity contribution is 9.10. The Balaban J connectivity index is 1.93. The van der Waals surface area contributed by atoms with E-state index in [1.54, 1.807) is 23.1 Å². The van der Waals surface area contributed by atoms with Crippen LogP contribution in [0, 0.1) is 0 Å². The topological polar surface area (TPSA) is 75.9 Å². The minimum atomic E-state index is -0.253. The summed E-state index contributed by atoms with van der Waals surface area (Å²) in [7, 11) is 1.38. The van der Waals surface area contributed by atoms with Crippen molar-refractivity contribution in [2.24, 2.45) is 0 Å². The molecule has 0 bridgehead atoms. The molecule has 6 nitrogen and oxygen atoms in total. The van der Waals surface area contributed by atoms with Gasteiger partial charge in [-0.25, -0.2) is 0 Å². The predicted molar refractivity (Wildman–Crippen MR) is 82.9 cm³/mol. The minimum Gasteiger partial charge on any atom is -0.468 e. The number of ether oxygens (including phenoxy) is 1. The molecular formula is C14H18BrN3O3. The van der Waals surface area contributed by atoms with Crippen LogP contribution in [-0.2, 0) is 9.53 Å². The zero-order chi connectivity index (χ0) is 15.4. The summed E-state index contributed by atoms with van der Waals surface area (Å²) in [6, 6.07) is 5.17. The largest absolute Gasteiger partial charge is 0.468 e. The molecule has 2 rings (SSSR count). The third kappa shape index (κ3) is 3.95. The second-order valence-electron chi connectivity index (χ2n) is 4.88. The number of carbonyl (C=O) groups excluding carboxylic acids is 2. The van der Waals surface area contributed by atoms with Crippen LogP contribution in [0.3, 0.4) is 0 Å². The normalized spacial score (nSPS) is 15.8. The fourth-order valence-electron chi connectivity index (χ4n) is 2.20. The average molecular weight is 356 g/mol. The van der Waals surface area contributed by atoms with Gasteiger partial charge in [-0.3, -0.25) is 14.5 Å². The summed E-state index contributed by atoms with van der Waals surface area (Å²) in [4.78, 5) is 27.4. The first kappa shape index (κ1) is 15.8. The third-order valence-corrected chi connectivity index (χ3v) is 4.17. The SMILES string of the molecule is COC(=O)CN1CCN(C(=O)c2ccc(N)c(Br)c2)CC1. The molecule has 21 heavy (non-hydrogen) atoms. The van der Waals surface area contributed by atoms with E-state index in [-0.39, 0.29) is 18.4 Å². The van der Waals surface area contributed by atoms with Gasteiger partial charge in [-0.2, -0.15) is 0 Å². The van der Waals surface area contributed by atoms with E-state index in [1.807, 2.05) is 4.90 Å². The number of nitrogen functional groups attached to an aromatic ring is 1. The molecule has 1 fully saturated rings. The Hall–Kier alpha value is -1.60. The van der Waals surface area contributed by atoms with Gasteiger partial charge in [-0.1, -0.05) is 0 Å². The number of esters is 1. The minimum absolute atomic E-state index is 0.0200. The van der Waals surface area contributed by atoms with Crippen molar-refractivity contribution in [3.05, 3.63) is 28.2 Å². The smallest absolute Gasteiger partial charge is 0.319 e. The van der Waals surface area contributed by atoms with Crippen molar-refractivity contribution in [3.8, 4) is 0 Å². The van der Waals surface area contributed by atoms with Gasteiger partial charge in [0.15, 0.2) is 0 Å². The highest BCUT2D eigenvalue weighted by Crippen LogP contribution is 2.21. The van der Waals surface area contributed by atoms with E-state index in [4.69, 9.17) is 5.73 Å². The highest BCUT2D eigenvalue weighted by atomic mass is 79.9. The van der Waals surface area contributed by atoms with Gasteiger partial charge < -0.3 is 15.4 Å². The van der Waals surface area contributed by atoms with Crippen molar-refractivity contribution < 1.29 is 14.3 Å². The number of carbonyl (C=O) groups is 2. The fourth-order valence-corrected chi connectivity index (χ4v) is 2.58. The van der Waals surface area contributed by atoms with Crippen LogP contribution in [0.4, 0.5) is 5.69 Å². The van der Waals surface area contributed by atoms with Crippen LogP contribution >= 0.6 is 15.9 Å². The number of amides is 1. The first-order chi connectivity index (χ1) is 10.0. The van der Waals surface area contributed by atoms with Crippen LogP contribution < -0.4 is 5.73 Å². The number of nitrogens with two attached hydrogens (primary N) is 1. The van der Waals surface area contributed by atoms with Crippen molar-refractivity contribution >= 4 is 33.5 Å². The summed E-state index contributed by atoms with van der Waals surface area (Å²) in [6.45, 7) is 2.79. The number of nitrogens with zero attached hydrogens (tertiary/aromatic N) is 2. The molecular weight excluding hydrogens is 338 g/mol. The molecule has 114 valence electrons. The lowest BCUT2D eigenvalue weighted by molar-refractivity contribution is -0.142. The Morgan fingerprint density at radius 3 is 2.52 bits per heavy atom. The van der Waals surface area contributed by atoms with Crippen LogP contribution in [0.2, 0.25) is 0 Å². The molecule has 1 saturated heterocycles.